The molecule has 2 aromatic rings. The van der Waals surface area contributed by atoms with E-state index in [2.05, 4.69) is 31.2 Å². The molecule has 0 bridgehead atoms. The van der Waals surface area contributed by atoms with Gasteiger partial charge in [0.2, 0.25) is 0 Å². The molecular formula is C13H13BrFN3. The number of halogens is 2. The van der Waals surface area contributed by atoms with E-state index in [0.717, 1.165) is 10.2 Å². The molecular weight excluding hydrogens is 297 g/mol. The predicted octanol–water partition coefficient (Wildman–Crippen LogP) is 4.32. The third-order valence-corrected chi connectivity index (χ3v) is 2.84. The lowest BCUT2D eigenvalue weighted by molar-refractivity contribution is 0.374. The van der Waals surface area contributed by atoms with Crippen molar-refractivity contribution in [2.45, 2.75) is 20.0 Å². The molecule has 0 aliphatic carbocycles. The maximum atomic E-state index is 13.2. The summed E-state index contributed by atoms with van der Waals surface area (Å²) >= 11 is 3.33. The highest BCUT2D eigenvalue weighted by molar-refractivity contribution is 9.10. The molecule has 0 fully saturated rings. The third kappa shape index (κ3) is 3.26. The number of aryl methyl sites for hydroxylation is 1. The molecule has 0 aliphatic heterocycles. The van der Waals surface area contributed by atoms with Crippen LogP contribution in [0.15, 0.2) is 35.1 Å². The van der Waals surface area contributed by atoms with Crippen molar-refractivity contribution in [2.75, 3.05) is 5.32 Å². The van der Waals surface area contributed by atoms with Crippen LogP contribution in [0.3, 0.4) is 0 Å². The van der Waals surface area contributed by atoms with Crippen LogP contribution in [0.4, 0.5) is 16.0 Å². The van der Waals surface area contributed by atoms with Gasteiger partial charge >= 0.3 is 0 Å². The minimum Gasteiger partial charge on any atom is -0.325 e. The van der Waals surface area contributed by atoms with Gasteiger partial charge in [-0.3, -0.25) is 0 Å². The molecule has 0 spiro atoms. The van der Waals surface area contributed by atoms with E-state index in [-0.39, 0.29) is 0 Å². The van der Waals surface area contributed by atoms with Crippen molar-refractivity contribution >= 4 is 27.6 Å². The van der Waals surface area contributed by atoms with Gasteiger partial charge in [0.25, 0.3) is 0 Å². The first-order valence-electron chi connectivity index (χ1n) is 5.56. The summed E-state index contributed by atoms with van der Waals surface area (Å²) in [7, 11) is 0. The van der Waals surface area contributed by atoms with Crippen LogP contribution < -0.4 is 5.32 Å². The van der Waals surface area contributed by atoms with E-state index in [1.807, 2.05) is 19.1 Å². The molecule has 94 valence electrons. The number of anilines is 2. The summed E-state index contributed by atoms with van der Waals surface area (Å²) in [5, 5.41) is 3.06. The zero-order chi connectivity index (χ0) is 13.1. The van der Waals surface area contributed by atoms with E-state index in [4.69, 9.17) is 0 Å². The molecule has 0 radical (unpaired) electrons. The quantitative estimate of drug-likeness (QED) is 0.858. The van der Waals surface area contributed by atoms with Crippen LogP contribution in [0, 0.1) is 6.92 Å². The number of hydrogen-bond donors (Lipinski definition) is 1. The van der Waals surface area contributed by atoms with Crippen molar-refractivity contribution in [2.24, 2.45) is 0 Å². The molecule has 0 saturated carbocycles. The Morgan fingerprint density at radius 2 is 2.06 bits per heavy atom. The van der Waals surface area contributed by atoms with Crippen molar-refractivity contribution in [3.05, 3.63) is 46.2 Å². The molecule has 5 heteroatoms. The van der Waals surface area contributed by atoms with E-state index in [1.165, 1.54) is 6.92 Å². The third-order valence-electron chi connectivity index (χ3n) is 2.44. The first-order chi connectivity index (χ1) is 8.54. The van der Waals surface area contributed by atoms with Gasteiger partial charge in [0.05, 0.1) is 0 Å². The fraction of sp³-hybridized carbons (Fsp3) is 0.231. The number of nitrogens with zero attached hydrogens (tertiary/aromatic N) is 2. The van der Waals surface area contributed by atoms with E-state index < -0.39 is 6.17 Å². The molecule has 2 aromatic heterocycles. The van der Waals surface area contributed by atoms with Crippen LogP contribution in [0.1, 0.15) is 24.2 Å². The molecule has 1 N–H and O–H groups in total. The lowest BCUT2D eigenvalue weighted by atomic mass is 10.2. The molecule has 1 atom stereocenters. The van der Waals surface area contributed by atoms with Gasteiger partial charge in [-0.2, -0.15) is 0 Å². The Bertz CT molecular complexity index is 537. The Morgan fingerprint density at radius 3 is 2.72 bits per heavy atom. The van der Waals surface area contributed by atoms with Gasteiger partial charge in [0.1, 0.15) is 22.4 Å². The fourth-order valence-electron chi connectivity index (χ4n) is 1.58. The highest BCUT2D eigenvalue weighted by Crippen LogP contribution is 2.21. The van der Waals surface area contributed by atoms with E-state index >= 15 is 0 Å². The number of rotatable bonds is 3. The van der Waals surface area contributed by atoms with Gasteiger partial charge in [0, 0.05) is 6.20 Å². The second-order valence-corrected chi connectivity index (χ2v) is 4.88. The highest BCUT2D eigenvalue weighted by atomic mass is 79.9. The van der Waals surface area contributed by atoms with Crippen LogP contribution in [0.5, 0.6) is 0 Å². The average molecular weight is 310 g/mol. The second kappa shape index (κ2) is 5.44. The summed E-state index contributed by atoms with van der Waals surface area (Å²) < 4.78 is 14.0. The Labute approximate surface area is 114 Å². The summed E-state index contributed by atoms with van der Waals surface area (Å²) in [6.07, 6.45) is 0.573. The normalized spacial score (nSPS) is 12.2. The summed E-state index contributed by atoms with van der Waals surface area (Å²) in [5.74, 6) is 1.26. The SMILES string of the molecule is Cc1cc(Br)nc(Nc2cc([C@H](C)F)ccn2)c1. The average Bonchev–Trinajstić information content (AvgIpc) is 2.27. The molecule has 0 amide bonds. The number of aromatic nitrogens is 2. The van der Waals surface area contributed by atoms with Crippen LogP contribution >= 0.6 is 15.9 Å². The van der Waals surface area contributed by atoms with Gasteiger partial charge in [0.15, 0.2) is 0 Å². The number of alkyl halides is 1. The van der Waals surface area contributed by atoms with Gasteiger partial charge in [-0.15, -0.1) is 0 Å². The van der Waals surface area contributed by atoms with Crippen LogP contribution in [0.2, 0.25) is 0 Å². The zero-order valence-corrected chi connectivity index (χ0v) is 11.7. The molecule has 3 nitrogen and oxygen atoms in total. The van der Waals surface area contributed by atoms with Crippen LogP contribution in [0.25, 0.3) is 0 Å². The van der Waals surface area contributed by atoms with Crippen LogP contribution in [-0.4, -0.2) is 9.97 Å². The van der Waals surface area contributed by atoms with Gasteiger partial charge in [-0.05, 0) is 65.2 Å². The second-order valence-electron chi connectivity index (χ2n) is 4.07. The largest absolute Gasteiger partial charge is 0.325 e. The molecule has 0 aliphatic rings. The van der Waals surface area contributed by atoms with Crippen molar-refractivity contribution in [1.82, 2.24) is 9.97 Å². The standard InChI is InChI=1S/C13H13BrFN3/c1-8-5-11(14)17-13(6-8)18-12-7-10(9(2)15)3-4-16-12/h3-7,9H,1-2H3,(H,16,17,18)/t9-/m0/s1. The molecule has 18 heavy (non-hydrogen) atoms. The molecule has 2 rings (SSSR count). The Kier molecular flexibility index (Phi) is 3.91. The number of pyridine rings is 2. The van der Waals surface area contributed by atoms with E-state index in [9.17, 15) is 4.39 Å². The summed E-state index contributed by atoms with van der Waals surface area (Å²) in [4.78, 5) is 8.42. The molecule has 0 saturated heterocycles. The summed E-state index contributed by atoms with van der Waals surface area (Å²) in [6.45, 7) is 3.48. The van der Waals surface area contributed by atoms with Crippen molar-refractivity contribution in [1.29, 1.82) is 0 Å². The van der Waals surface area contributed by atoms with Crippen molar-refractivity contribution in [3.63, 3.8) is 0 Å². The Balaban J connectivity index is 2.25. The molecule has 0 aromatic carbocycles. The first-order valence-corrected chi connectivity index (χ1v) is 6.35. The monoisotopic (exact) mass is 309 g/mol. The Morgan fingerprint density at radius 1 is 1.28 bits per heavy atom. The first kappa shape index (κ1) is 13.0. The summed E-state index contributed by atoms with van der Waals surface area (Å²) in [6, 6.07) is 7.16. The maximum Gasteiger partial charge on any atom is 0.133 e. The number of nitrogens with one attached hydrogen (secondary N) is 1. The minimum absolute atomic E-state index is 0.585. The van der Waals surface area contributed by atoms with Gasteiger partial charge in [-0.1, -0.05) is 0 Å². The smallest absolute Gasteiger partial charge is 0.133 e. The van der Waals surface area contributed by atoms with Crippen molar-refractivity contribution in [3.8, 4) is 0 Å². The Hall–Kier alpha value is -1.49. The van der Waals surface area contributed by atoms with E-state index in [0.29, 0.717) is 17.2 Å². The maximum absolute atomic E-state index is 13.2. The zero-order valence-electron chi connectivity index (χ0n) is 10.1. The predicted molar refractivity (Wildman–Crippen MR) is 73.7 cm³/mol. The van der Waals surface area contributed by atoms with Crippen molar-refractivity contribution < 1.29 is 4.39 Å². The van der Waals surface area contributed by atoms with E-state index in [1.54, 1.807) is 18.3 Å². The number of hydrogen-bond acceptors (Lipinski definition) is 3. The highest BCUT2D eigenvalue weighted by Gasteiger charge is 2.05. The summed E-state index contributed by atoms with van der Waals surface area (Å²) in [5.41, 5.74) is 1.67. The lowest BCUT2D eigenvalue weighted by Crippen LogP contribution is -1.98. The topological polar surface area (TPSA) is 37.8 Å². The fourth-order valence-corrected chi connectivity index (χ4v) is 2.13. The van der Waals surface area contributed by atoms with Crippen LogP contribution in [-0.2, 0) is 0 Å². The minimum atomic E-state index is -1.01. The molecule has 0 unspecified atom stereocenters. The lowest BCUT2D eigenvalue weighted by Gasteiger charge is -2.08. The van der Waals surface area contributed by atoms with Gasteiger partial charge < -0.3 is 5.32 Å². The molecule has 2 heterocycles. The van der Waals surface area contributed by atoms with Gasteiger partial charge in [-0.25, -0.2) is 14.4 Å².